The summed E-state index contributed by atoms with van der Waals surface area (Å²) in [6, 6.07) is 12.1. The lowest BCUT2D eigenvalue weighted by atomic mass is 10.2. The van der Waals surface area contributed by atoms with Crippen LogP contribution in [-0.2, 0) is 27.4 Å². The normalized spacial score (nSPS) is 19.8. The fraction of sp³-hybridized carbons (Fsp3) is 0.478. The van der Waals surface area contributed by atoms with Crippen molar-refractivity contribution in [3.63, 3.8) is 0 Å². The van der Waals surface area contributed by atoms with Gasteiger partial charge in [0.25, 0.3) is 0 Å². The fourth-order valence-corrected chi connectivity index (χ4v) is 4.46. The SMILES string of the molecule is Clc1cc(N2CCOCC2)c2nc(COCc3ccccc3)n(C3CCCCO3)c2n1. The summed E-state index contributed by atoms with van der Waals surface area (Å²) < 4.78 is 19.8. The van der Waals surface area contributed by atoms with Gasteiger partial charge in [-0.1, -0.05) is 41.9 Å². The summed E-state index contributed by atoms with van der Waals surface area (Å²) in [5, 5.41) is 0.461. The number of ether oxygens (including phenoxy) is 3. The van der Waals surface area contributed by atoms with Gasteiger partial charge in [-0.3, -0.25) is 4.57 Å². The Morgan fingerprint density at radius 3 is 2.65 bits per heavy atom. The summed E-state index contributed by atoms with van der Waals surface area (Å²) in [5.41, 5.74) is 3.74. The molecule has 1 atom stereocenters. The van der Waals surface area contributed by atoms with Crippen molar-refractivity contribution < 1.29 is 14.2 Å². The second-order valence-corrected chi connectivity index (χ2v) is 8.32. The van der Waals surface area contributed by atoms with Gasteiger partial charge in [-0.25, -0.2) is 9.97 Å². The van der Waals surface area contributed by atoms with Crippen molar-refractivity contribution in [1.82, 2.24) is 14.5 Å². The van der Waals surface area contributed by atoms with Gasteiger partial charge in [-0.15, -0.1) is 0 Å². The standard InChI is InChI=1S/C23H27ClN4O3/c24-19-14-18(27-9-12-29-13-10-27)22-23(25-19)28(21-8-4-5-11-31-21)20(26-22)16-30-15-17-6-2-1-3-7-17/h1-3,6-7,14,21H,4-5,8-13,15-16H2. The molecule has 31 heavy (non-hydrogen) atoms. The van der Waals surface area contributed by atoms with E-state index in [-0.39, 0.29) is 6.23 Å². The second kappa shape index (κ2) is 9.53. The number of fused-ring (bicyclic) bond motifs is 1. The first-order valence-corrected chi connectivity index (χ1v) is 11.3. The number of nitrogens with zero attached hydrogens (tertiary/aromatic N) is 4. The zero-order chi connectivity index (χ0) is 21.0. The lowest BCUT2D eigenvalue weighted by Crippen LogP contribution is -2.36. The highest BCUT2D eigenvalue weighted by Gasteiger charge is 2.26. The van der Waals surface area contributed by atoms with E-state index in [4.69, 9.17) is 30.8 Å². The van der Waals surface area contributed by atoms with Gasteiger partial charge in [-0.2, -0.15) is 0 Å². The van der Waals surface area contributed by atoms with Gasteiger partial charge in [0.2, 0.25) is 0 Å². The van der Waals surface area contributed by atoms with Gasteiger partial charge in [0.1, 0.15) is 29.3 Å². The molecule has 8 heteroatoms. The number of morpholine rings is 1. The van der Waals surface area contributed by atoms with Crippen LogP contribution in [-0.4, -0.2) is 47.4 Å². The van der Waals surface area contributed by atoms with E-state index in [0.29, 0.717) is 31.6 Å². The molecular weight excluding hydrogens is 416 g/mol. The first kappa shape index (κ1) is 20.7. The molecule has 1 aromatic carbocycles. The molecular formula is C23H27ClN4O3. The van der Waals surface area contributed by atoms with Gasteiger partial charge < -0.3 is 19.1 Å². The Morgan fingerprint density at radius 1 is 1.03 bits per heavy atom. The van der Waals surface area contributed by atoms with Gasteiger partial charge in [-0.05, 0) is 24.8 Å². The smallest absolute Gasteiger partial charge is 0.166 e. The largest absolute Gasteiger partial charge is 0.378 e. The summed E-state index contributed by atoms with van der Waals surface area (Å²) >= 11 is 6.47. The van der Waals surface area contributed by atoms with E-state index in [2.05, 4.69) is 26.6 Å². The molecule has 4 heterocycles. The molecule has 0 N–H and O–H groups in total. The summed E-state index contributed by atoms with van der Waals surface area (Å²) in [5.74, 6) is 0.821. The summed E-state index contributed by atoms with van der Waals surface area (Å²) in [6.45, 7) is 4.66. The molecule has 2 aromatic heterocycles. The van der Waals surface area contributed by atoms with Crippen molar-refractivity contribution in [2.24, 2.45) is 0 Å². The Balaban J connectivity index is 1.50. The molecule has 0 saturated carbocycles. The van der Waals surface area contributed by atoms with Gasteiger partial charge in [0.05, 0.1) is 25.5 Å². The summed E-state index contributed by atoms with van der Waals surface area (Å²) in [6.07, 6.45) is 3.03. The Kier molecular flexibility index (Phi) is 6.36. The first-order valence-electron chi connectivity index (χ1n) is 10.9. The molecule has 3 aromatic rings. The molecule has 0 aliphatic carbocycles. The molecule has 2 aliphatic rings. The van der Waals surface area contributed by atoms with Crippen LogP contribution in [0.25, 0.3) is 11.2 Å². The van der Waals surface area contributed by atoms with E-state index in [9.17, 15) is 0 Å². The Hall–Kier alpha value is -2.19. The van der Waals surface area contributed by atoms with Gasteiger partial charge in [0, 0.05) is 25.8 Å². The maximum atomic E-state index is 6.47. The monoisotopic (exact) mass is 442 g/mol. The minimum atomic E-state index is -0.0995. The number of aromatic nitrogens is 3. The molecule has 0 radical (unpaired) electrons. The van der Waals surface area contributed by atoms with E-state index >= 15 is 0 Å². The third-order valence-corrected chi connectivity index (χ3v) is 6.00. The van der Waals surface area contributed by atoms with Crippen LogP contribution in [0.4, 0.5) is 5.69 Å². The van der Waals surface area contributed by atoms with E-state index in [1.54, 1.807) is 0 Å². The predicted molar refractivity (Wildman–Crippen MR) is 119 cm³/mol. The number of benzene rings is 1. The van der Waals surface area contributed by atoms with Crippen LogP contribution < -0.4 is 4.90 Å². The van der Waals surface area contributed by atoms with Crippen molar-refractivity contribution in [1.29, 1.82) is 0 Å². The molecule has 2 aliphatic heterocycles. The van der Waals surface area contributed by atoms with E-state index in [0.717, 1.165) is 67.2 Å². The average Bonchev–Trinajstić information content (AvgIpc) is 3.18. The Morgan fingerprint density at radius 2 is 1.87 bits per heavy atom. The lowest BCUT2D eigenvalue weighted by Gasteiger charge is -2.29. The first-order chi connectivity index (χ1) is 15.3. The number of hydrogen-bond donors (Lipinski definition) is 0. The van der Waals surface area contributed by atoms with Crippen LogP contribution in [0.2, 0.25) is 5.15 Å². The molecule has 2 saturated heterocycles. The molecule has 164 valence electrons. The number of halogens is 1. The molecule has 0 bridgehead atoms. The maximum Gasteiger partial charge on any atom is 0.166 e. The Bertz CT molecular complexity index is 1010. The van der Waals surface area contributed by atoms with Crippen LogP contribution in [0.15, 0.2) is 36.4 Å². The highest BCUT2D eigenvalue weighted by molar-refractivity contribution is 6.30. The predicted octanol–water partition coefficient (Wildman–Crippen LogP) is 4.34. The number of hydrogen-bond acceptors (Lipinski definition) is 6. The third kappa shape index (κ3) is 4.55. The summed E-state index contributed by atoms with van der Waals surface area (Å²) in [7, 11) is 0. The molecule has 1 unspecified atom stereocenters. The van der Waals surface area contributed by atoms with Crippen molar-refractivity contribution >= 4 is 28.5 Å². The van der Waals surface area contributed by atoms with Crippen molar-refractivity contribution in [3.8, 4) is 0 Å². The minimum Gasteiger partial charge on any atom is -0.378 e. The van der Waals surface area contributed by atoms with Gasteiger partial charge >= 0.3 is 0 Å². The number of imidazole rings is 1. The zero-order valence-corrected chi connectivity index (χ0v) is 18.3. The van der Waals surface area contributed by atoms with Crippen molar-refractivity contribution in [2.45, 2.75) is 38.7 Å². The lowest BCUT2D eigenvalue weighted by molar-refractivity contribution is -0.0346. The van der Waals surface area contributed by atoms with Crippen LogP contribution >= 0.6 is 11.6 Å². The maximum absolute atomic E-state index is 6.47. The molecule has 5 rings (SSSR count). The number of anilines is 1. The van der Waals surface area contributed by atoms with E-state index in [1.165, 1.54) is 0 Å². The van der Waals surface area contributed by atoms with Crippen LogP contribution in [0.5, 0.6) is 0 Å². The Labute approximate surface area is 186 Å². The quantitative estimate of drug-likeness (QED) is 0.529. The van der Waals surface area contributed by atoms with Crippen molar-refractivity contribution in [2.75, 3.05) is 37.8 Å². The summed E-state index contributed by atoms with van der Waals surface area (Å²) in [4.78, 5) is 11.9. The highest BCUT2D eigenvalue weighted by Crippen LogP contribution is 2.34. The second-order valence-electron chi connectivity index (χ2n) is 7.93. The highest BCUT2D eigenvalue weighted by atomic mass is 35.5. The number of rotatable bonds is 6. The van der Waals surface area contributed by atoms with Crippen molar-refractivity contribution in [3.05, 3.63) is 52.9 Å². The fourth-order valence-electron chi connectivity index (χ4n) is 4.27. The molecule has 0 spiro atoms. The van der Waals surface area contributed by atoms with E-state index < -0.39 is 0 Å². The molecule has 0 amide bonds. The van der Waals surface area contributed by atoms with Crippen LogP contribution in [0.1, 0.15) is 36.9 Å². The zero-order valence-electron chi connectivity index (χ0n) is 17.5. The topological polar surface area (TPSA) is 61.6 Å². The average molecular weight is 443 g/mol. The molecule has 2 fully saturated rings. The van der Waals surface area contributed by atoms with Crippen LogP contribution in [0, 0.1) is 0 Å². The van der Waals surface area contributed by atoms with Gasteiger partial charge in [0.15, 0.2) is 5.65 Å². The number of pyridine rings is 1. The third-order valence-electron chi connectivity index (χ3n) is 5.81. The minimum absolute atomic E-state index is 0.0995. The van der Waals surface area contributed by atoms with Crippen LogP contribution in [0.3, 0.4) is 0 Å². The molecule has 7 nitrogen and oxygen atoms in total. The van der Waals surface area contributed by atoms with E-state index in [1.807, 2.05) is 24.3 Å².